The van der Waals surface area contributed by atoms with Crippen LogP contribution in [0.5, 0.6) is 0 Å². The molecule has 5 rings (SSSR count). The number of aromatic nitrogens is 2. The Labute approximate surface area is 277 Å². The van der Waals surface area contributed by atoms with E-state index in [0.717, 1.165) is 10.5 Å². The van der Waals surface area contributed by atoms with Gasteiger partial charge in [0.15, 0.2) is 0 Å². The maximum Gasteiger partial charge on any atom is 0.295 e. The summed E-state index contributed by atoms with van der Waals surface area (Å²) in [6, 6.07) is 34.3. The lowest BCUT2D eigenvalue weighted by Gasteiger charge is -2.15. The second-order valence-corrected chi connectivity index (χ2v) is 12.0. The molecule has 1 heterocycles. The van der Waals surface area contributed by atoms with Gasteiger partial charge in [0.05, 0.1) is 16.6 Å². The summed E-state index contributed by atoms with van der Waals surface area (Å²) in [5.74, 6) is -1.21. The fraction of sp³-hybridized carbons (Fsp3) is 0.135. The largest absolute Gasteiger partial charge is 0.321 e. The summed E-state index contributed by atoms with van der Waals surface area (Å²) in [7, 11) is 1.78. The predicted octanol–water partition coefficient (Wildman–Crippen LogP) is 6.40. The summed E-state index contributed by atoms with van der Waals surface area (Å²) in [5, 5.41) is 7.98. The van der Waals surface area contributed by atoms with Crippen molar-refractivity contribution in [2.24, 2.45) is 7.05 Å². The standard InChI is InChI=1S/C37H35N5O4S/c1-4-32(36(45)40-33-25(2)41(3)42(37(33)46)29-20-12-7-13-21-29)47-30-22-14-19-28(24-30)38-35(44)31(23-26-15-8-5-9-16-26)39-34(43)27-17-10-6-11-18-27/h5-24,32H,4H2,1-3H3,(H,38,44)(H,39,43)(H,40,45)/b31-23-. The number of anilines is 2. The summed E-state index contributed by atoms with van der Waals surface area (Å²) < 4.78 is 3.24. The first-order valence-corrected chi connectivity index (χ1v) is 16.0. The molecule has 0 fully saturated rings. The molecule has 0 aliphatic rings. The van der Waals surface area contributed by atoms with Crippen LogP contribution in [-0.2, 0) is 16.6 Å². The number of nitrogens with zero attached hydrogens (tertiary/aromatic N) is 2. The topological polar surface area (TPSA) is 114 Å². The number of benzene rings is 4. The molecule has 3 N–H and O–H groups in total. The summed E-state index contributed by atoms with van der Waals surface area (Å²) in [4.78, 5) is 54.0. The number of carbonyl (C=O) groups excluding carboxylic acids is 3. The summed E-state index contributed by atoms with van der Waals surface area (Å²) >= 11 is 1.33. The number of amides is 3. The van der Waals surface area contributed by atoms with Crippen molar-refractivity contribution < 1.29 is 14.4 Å². The highest BCUT2D eigenvalue weighted by Crippen LogP contribution is 2.29. The molecule has 0 radical (unpaired) electrons. The van der Waals surface area contributed by atoms with Crippen LogP contribution in [0.15, 0.2) is 131 Å². The van der Waals surface area contributed by atoms with E-state index in [1.54, 1.807) is 67.2 Å². The maximum atomic E-state index is 13.5. The van der Waals surface area contributed by atoms with Gasteiger partial charge in [-0.2, -0.15) is 0 Å². The van der Waals surface area contributed by atoms with Crippen LogP contribution >= 0.6 is 11.8 Å². The summed E-state index contributed by atoms with van der Waals surface area (Å²) in [5.41, 5.74) is 2.99. The first-order valence-electron chi connectivity index (χ1n) is 15.1. The third kappa shape index (κ3) is 7.98. The highest BCUT2D eigenvalue weighted by molar-refractivity contribution is 8.00. The van der Waals surface area contributed by atoms with Crippen LogP contribution in [0.1, 0.15) is 35.0 Å². The Morgan fingerprint density at radius 1 is 0.830 bits per heavy atom. The van der Waals surface area contributed by atoms with Crippen LogP contribution in [0.4, 0.5) is 11.4 Å². The van der Waals surface area contributed by atoms with Crippen molar-refractivity contribution in [1.29, 1.82) is 0 Å². The van der Waals surface area contributed by atoms with Crippen molar-refractivity contribution in [3.05, 3.63) is 148 Å². The lowest BCUT2D eigenvalue weighted by atomic mass is 10.1. The van der Waals surface area contributed by atoms with Gasteiger partial charge in [-0.3, -0.25) is 23.9 Å². The van der Waals surface area contributed by atoms with E-state index in [4.69, 9.17) is 0 Å². The van der Waals surface area contributed by atoms with Crippen molar-refractivity contribution in [3.63, 3.8) is 0 Å². The smallest absolute Gasteiger partial charge is 0.295 e. The van der Waals surface area contributed by atoms with Crippen molar-refractivity contribution in [1.82, 2.24) is 14.7 Å². The predicted molar refractivity (Wildman–Crippen MR) is 188 cm³/mol. The molecule has 0 saturated carbocycles. The van der Waals surface area contributed by atoms with E-state index in [-0.39, 0.29) is 22.9 Å². The third-order valence-corrected chi connectivity index (χ3v) is 8.83. The molecule has 1 aromatic heterocycles. The molecule has 1 atom stereocenters. The molecule has 3 amide bonds. The molecule has 9 nitrogen and oxygen atoms in total. The Bertz CT molecular complexity index is 1970. The van der Waals surface area contributed by atoms with Crippen molar-refractivity contribution in [2.75, 3.05) is 10.6 Å². The number of nitrogens with one attached hydrogen (secondary N) is 3. The monoisotopic (exact) mass is 645 g/mol. The Morgan fingerprint density at radius 3 is 2.13 bits per heavy atom. The van der Waals surface area contributed by atoms with Crippen molar-refractivity contribution in [2.45, 2.75) is 30.4 Å². The second-order valence-electron chi connectivity index (χ2n) is 10.7. The third-order valence-electron chi connectivity index (χ3n) is 7.48. The average molecular weight is 646 g/mol. The molecule has 0 aliphatic carbocycles. The van der Waals surface area contributed by atoms with E-state index in [0.29, 0.717) is 29.1 Å². The molecule has 5 aromatic rings. The molecule has 1 unspecified atom stereocenters. The minimum Gasteiger partial charge on any atom is -0.321 e. The van der Waals surface area contributed by atoms with E-state index in [1.165, 1.54) is 16.4 Å². The molecule has 0 saturated heterocycles. The lowest BCUT2D eigenvalue weighted by molar-refractivity contribution is -0.116. The highest BCUT2D eigenvalue weighted by Gasteiger charge is 2.24. The molecule has 10 heteroatoms. The maximum absolute atomic E-state index is 13.5. The van der Waals surface area contributed by atoms with Gasteiger partial charge in [0.2, 0.25) is 5.91 Å². The average Bonchev–Trinajstić information content (AvgIpc) is 3.30. The van der Waals surface area contributed by atoms with Crippen LogP contribution in [0.25, 0.3) is 11.8 Å². The number of para-hydroxylation sites is 1. The number of hydrogen-bond donors (Lipinski definition) is 3. The van der Waals surface area contributed by atoms with Crippen LogP contribution in [-0.4, -0.2) is 32.3 Å². The highest BCUT2D eigenvalue weighted by atomic mass is 32.2. The van der Waals surface area contributed by atoms with Crippen molar-refractivity contribution in [3.8, 4) is 5.69 Å². The zero-order valence-electron chi connectivity index (χ0n) is 26.3. The van der Waals surface area contributed by atoms with Gasteiger partial charge < -0.3 is 16.0 Å². The molecule has 0 spiro atoms. The zero-order valence-corrected chi connectivity index (χ0v) is 27.1. The number of thioether (sulfide) groups is 1. The minimum atomic E-state index is -0.510. The fourth-order valence-electron chi connectivity index (χ4n) is 4.91. The first kappa shape index (κ1) is 32.8. The van der Waals surface area contributed by atoms with E-state index in [2.05, 4.69) is 16.0 Å². The van der Waals surface area contributed by atoms with Crippen LogP contribution in [0.2, 0.25) is 0 Å². The second kappa shape index (κ2) is 15.1. The molecule has 47 heavy (non-hydrogen) atoms. The van der Waals surface area contributed by atoms with Gasteiger partial charge in [-0.15, -0.1) is 11.8 Å². The Balaban J connectivity index is 1.31. The molecule has 0 aliphatic heterocycles. The Hall–Kier alpha value is -5.61. The van der Waals surface area contributed by atoms with Gasteiger partial charge in [0.1, 0.15) is 11.4 Å². The lowest BCUT2D eigenvalue weighted by Crippen LogP contribution is -2.30. The van der Waals surface area contributed by atoms with Crippen molar-refractivity contribution >= 4 is 46.9 Å². The minimum absolute atomic E-state index is 0.0771. The van der Waals surface area contributed by atoms with E-state index < -0.39 is 17.1 Å². The van der Waals surface area contributed by atoms with Gasteiger partial charge in [-0.25, -0.2) is 4.68 Å². The molecule has 4 aromatic carbocycles. The molecule has 0 bridgehead atoms. The van der Waals surface area contributed by atoms with Gasteiger partial charge in [-0.05, 0) is 67.4 Å². The zero-order chi connectivity index (χ0) is 33.3. The van der Waals surface area contributed by atoms with E-state index >= 15 is 0 Å². The van der Waals surface area contributed by atoms with Gasteiger partial charge in [0, 0.05) is 23.2 Å². The van der Waals surface area contributed by atoms with Gasteiger partial charge in [0.25, 0.3) is 17.4 Å². The first-order chi connectivity index (χ1) is 22.7. The normalized spacial score (nSPS) is 11.9. The number of carbonyl (C=O) groups is 3. The summed E-state index contributed by atoms with van der Waals surface area (Å²) in [6.45, 7) is 3.69. The van der Waals surface area contributed by atoms with Gasteiger partial charge >= 0.3 is 0 Å². The van der Waals surface area contributed by atoms with Crippen LogP contribution in [0, 0.1) is 6.92 Å². The summed E-state index contributed by atoms with van der Waals surface area (Å²) in [6.07, 6.45) is 2.12. The number of rotatable bonds is 11. The Morgan fingerprint density at radius 2 is 1.47 bits per heavy atom. The van der Waals surface area contributed by atoms with Crippen LogP contribution < -0.4 is 21.5 Å². The Kier molecular flexibility index (Phi) is 10.5. The fourth-order valence-corrected chi connectivity index (χ4v) is 5.92. The molecule has 238 valence electrons. The van der Waals surface area contributed by atoms with Crippen LogP contribution in [0.3, 0.4) is 0 Å². The van der Waals surface area contributed by atoms with E-state index in [9.17, 15) is 19.2 Å². The molecular formula is C37H35N5O4S. The van der Waals surface area contributed by atoms with Gasteiger partial charge in [-0.1, -0.05) is 79.7 Å². The van der Waals surface area contributed by atoms with E-state index in [1.807, 2.05) is 79.7 Å². The number of hydrogen-bond acceptors (Lipinski definition) is 5. The SMILES string of the molecule is CCC(Sc1cccc(NC(=O)/C(=C/c2ccccc2)NC(=O)c2ccccc2)c1)C(=O)Nc1c(C)n(C)n(-c2ccccc2)c1=O. The quantitative estimate of drug-likeness (QED) is 0.114. The molecular weight excluding hydrogens is 611 g/mol.